The predicted octanol–water partition coefficient (Wildman–Crippen LogP) is 2.18. The highest BCUT2D eigenvalue weighted by atomic mass is 16.2. The Morgan fingerprint density at radius 1 is 1.10 bits per heavy atom. The lowest BCUT2D eigenvalue weighted by Gasteiger charge is -2.32. The number of amides is 1. The lowest BCUT2D eigenvalue weighted by molar-refractivity contribution is 0.0786. The van der Waals surface area contributed by atoms with Gasteiger partial charge in [0.2, 0.25) is 5.95 Å². The molecule has 0 atom stereocenters. The average molecular weight is 416 g/mol. The van der Waals surface area contributed by atoms with Gasteiger partial charge < -0.3 is 16.0 Å². The minimum atomic E-state index is 0.0404. The fourth-order valence-electron chi connectivity index (χ4n) is 4.55. The highest BCUT2D eigenvalue weighted by Gasteiger charge is 2.26. The first-order valence-corrected chi connectivity index (χ1v) is 10.8. The molecule has 1 aliphatic heterocycles. The first-order chi connectivity index (χ1) is 15.2. The Labute approximate surface area is 178 Å². The summed E-state index contributed by atoms with van der Waals surface area (Å²) in [5.41, 5.74) is 10.1. The van der Waals surface area contributed by atoms with Crippen LogP contribution in [0, 0.1) is 0 Å². The fourth-order valence-corrected chi connectivity index (χ4v) is 4.55. The number of fused-ring (bicyclic) bond motifs is 2. The largest absolute Gasteiger partial charge is 0.350 e. The van der Waals surface area contributed by atoms with E-state index in [-0.39, 0.29) is 11.9 Å². The Hall–Kier alpha value is -3.46. The number of nitrogens with zero attached hydrogens (tertiary/aromatic N) is 6. The van der Waals surface area contributed by atoms with Crippen LogP contribution in [-0.4, -0.2) is 60.0 Å². The first kappa shape index (κ1) is 18.3. The first-order valence-electron chi connectivity index (χ1n) is 10.8. The van der Waals surface area contributed by atoms with E-state index in [2.05, 4.69) is 20.4 Å². The van der Waals surface area contributed by atoms with Gasteiger partial charge in [0.15, 0.2) is 0 Å². The van der Waals surface area contributed by atoms with Gasteiger partial charge in [-0.1, -0.05) is 0 Å². The van der Waals surface area contributed by atoms with E-state index in [9.17, 15) is 4.79 Å². The number of hydrogen-bond acceptors (Lipinski definition) is 6. The Morgan fingerprint density at radius 3 is 2.74 bits per heavy atom. The maximum absolute atomic E-state index is 12.9. The summed E-state index contributed by atoms with van der Waals surface area (Å²) in [6, 6.07) is 6.60. The number of anilines is 1. The van der Waals surface area contributed by atoms with E-state index >= 15 is 0 Å². The second-order valence-corrected chi connectivity index (χ2v) is 8.50. The zero-order valence-electron chi connectivity index (χ0n) is 17.1. The van der Waals surface area contributed by atoms with Gasteiger partial charge in [-0.2, -0.15) is 0 Å². The van der Waals surface area contributed by atoms with Crippen LogP contribution in [0.1, 0.15) is 36.2 Å². The van der Waals surface area contributed by atoms with Crippen molar-refractivity contribution in [2.24, 2.45) is 5.73 Å². The van der Waals surface area contributed by atoms with Crippen LogP contribution in [0.2, 0.25) is 0 Å². The van der Waals surface area contributed by atoms with Gasteiger partial charge in [0.1, 0.15) is 11.3 Å². The van der Waals surface area contributed by atoms with Crippen LogP contribution < -0.4 is 11.1 Å². The van der Waals surface area contributed by atoms with E-state index < -0.39 is 0 Å². The van der Waals surface area contributed by atoms with Gasteiger partial charge in [0.25, 0.3) is 5.91 Å². The van der Waals surface area contributed by atoms with Crippen LogP contribution in [0.25, 0.3) is 22.3 Å². The summed E-state index contributed by atoms with van der Waals surface area (Å²) in [5, 5.41) is 7.93. The third-order valence-electron chi connectivity index (χ3n) is 6.35. The molecule has 9 nitrogen and oxygen atoms in total. The van der Waals surface area contributed by atoms with Gasteiger partial charge in [-0.05, 0) is 43.9 Å². The molecule has 3 N–H and O–H groups in total. The zero-order valence-corrected chi connectivity index (χ0v) is 17.1. The monoisotopic (exact) mass is 416 g/mol. The number of nitrogens with two attached hydrogens (primary N) is 1. The molecule has 31 heavy (non-hydrogen) atoms. The van der Waals surface area contributed by atoms with Gasteiger partial charge in [-0.15, -0.1) is 5.10 Å². The predicted molar refractivity (Wildman–Crippen MR) is 117 cm³/mol. The van der Waals surface area contributed by atoms with Crippen molar-refractivity contribution in [1.82, 2.24) is 28.9 Å². The molecule has 1 saturated carbocycles. The van der Waals surface area contributed by atoms with Crippen molar-refractivity contribution < 1.29 is 4.79 Å². The van der Waals surface area contributed by atoms with Gasteiger partial charge >= 0.3 is 0 Å². The quantitative estimate of drug-likeness (QED) is 0.528. The molecular weight excluding hydrogens is 392 g/mol. The van der Waals surface area contributed by atoms with Crippen molar-refractivity contribution in [3.05, 3.63) is 48.7 Å². The van der Waals surface area contributed by atoms with Crippen LogP contribution in [0.4, 0.5) is 5.95 Å². The number of imidazole rings is 1. The van der Waals surface area contributed by atoms with Crippen molar-refractivity contribution in [2.75, 3.05) is 18.4 Å². The molecule has 2 aliphatic rings. The van der Waals surface area contributed by atoms with Gasteiger partial charge in [0, 0.05) is 48.7 Å². The van der Waals surface area contributed by atoms with Gasteiger partial charge in [0.05, 0.1) is 17.9 Å². The number of rotatable bonds is 4. The van der Waals surface area contributed by atoms with Crippen LogP contribution in [-0.2, 0) is 0 Å². The molecule has 0 bridgehead atoms. The average Bonchev–Trinajstić information content (AvgIpc) is 3.50. The molecule has 1 amide bonds. The minimum absolute atomic E-state index is 0.0404. The number of carbonyl (C=O) groups is 1. The van der Waals surface area contributed by atoms with Crippen molar-refractivity contribution in [1.29, 1.82) is 0 Å². The molecule has 0 aromatic carbocycles. The van der Waals surface area contributed by atoms with Crippen molar-refractivity contribution in [3.8, 4) is 11.1 Å². The molecule has 5 heterocycles. The highest BCUT2D eigenvalue weighted by molar-refractivity contribution is 5.93. The maximum atomic E-state index is 12.9. The molecule has 4 aromatic heterocycles. The molecular formula is C22H24N8O. The second kappa shape index (κ2) is 7.05. The SMILES string of the molecule is NC1CC(Nc2ncc3c(-c4ccc5ncc(C(=O)N6CCCC6)n5c4)ccn3n2)C1. The lowest BCUT2D eigenvalue weighted by atomic mass is 9.88. The minimum Gasteiger partial charge on any atom is -0.350 e. The molecule has 1 aliphatic carbocycles. The van der Waals surface area contributed by atoms with Crippen molar-refractivity contribution in [2.45, 2.75) is 37.8 Å². The highest BCUT2D eigenvalue weighted by Crippen LogP contribution is 2.27. The number of nitrogens with one attached hydrogen (secondary N) is 1. The van der Waals surface area contributed by atoms with Crippen molar-refractivity contribution in [3.63, 3.8) is 0 Å². The van der Waals surface area contributed by atoms with Crippen LogP contribution in [0.15, 0.2) is 43.0 Å². The fraction of sp³-hybridized carbons (Fsp3) is 0.364. The van der Waals surface area contributed by atoms with Crippen molar-refractivity contribution >= 4 is 23.0 Å². The van der Waals surface area contributed by atoms with E-state index in [0.717, 1.165) is 61.1 Å². The topological polar surface area (TPSA) is 106 Å². The summed E-state index contributed by atoms with van der Waals surface area (Å²) in [7, 11) is 0. The molecule has 0 spiro atoms. The van der Waals surface area contributed by atoms with E-state index in [1.165, 1.54) is 0 Å². The summed E-state index contributed by atoms with van der Waals surface area (Å²) in [4.78, 5) is 23.8. The Morgan fingerprint density at radius 2 is 1.94 bits per heavy atom. The Balaban J connectivity index is 1.33. The molecule has 1 saturated heterocycles. The Kier molecular flexibility index (Phi) is 4.17. The summed E-state index contributed by atoms with van der Waals surface area (Å²) in [5.74, 6) is 0.647. The third-order valence-corrected chi connectivity index (χ3v) is 6.35. The maximum Gasteiger partial charge on any atom is 0.272 e. The molecule has 4 aromatic rings. The van der Waals surface area contributed by atoms with E-state index in [0.29, 0.717) is 17.7 Å². The van der Waals surface area contributed by atoms with Crippen LogP contribution in [0.3, 0.4) is 0 Å². The molecule has 6 rings (SSSR count). The zero-order chi connectivity index (χ0) is 20.9. The van der Waals surface area contributed by atoms with E-state index in [1.54, 1.807) is 6.20 Å². The second-order valence-electron chi connectivity index (χ2n) is 8.50. The summed E-state index contributed by atoms with van der Waals surface area (Å²) < 4.78 is 3.72. The van der Waals surface area contributed by atoms with Gasteiger partial charge in [-0.3, -0.25) is 9.20 Å². The molecule has 0 unspecified atom stereocenters. The summed E-state index contributed by atoms with van der Waals surface area (Å²) in [6.07, 6.45) is 11.4. The normalized spacial score (nSPS) is 21.0. The number of pyridine rings is 1. The summed E-state index contributed by atoms with van der Waals surface area (Å²) in [6.45, 7) is 1.63. The lowest BCUT2D eigenvalue weighted by Crippen LogP contribution is -2.44. The van der Waals surface area contributed by atoms with Crippen LogP contribution >= 0.6 is 0 Å². The van der Waals surface area contributed by atoms with E-state index in [1.807, 2.05) is 50.6 Å². The number of hydrogen-bond donors (Lipinski definition) is 2. The number of carbonyl (C=O) groups excluding carboxylic acids is 1. The van der Waals surface area contributed by atoms with Gasteiger partial charge in [-0.25, -0.2) is 14.5 Å². The molecule has 9 heteroatoms. The molecule has 158 valence electrons. The Bertz CT molecular complexity index is 1280. The number of likely N-dealkylation sites (tertiary alicyclic amines) is 1. The smallest absolute Gasteiger partial charge is 0.272 e. The third kappa shape index (κ3) is 3.12. The standard InChI is InChI=1S/C22H24N8O/c23-15-9-16(10-15)26-22-25-11-18-17(5-8-30(18)27-22)14-3-4-20-24-12-19(29(20)13-14)21(31)28-6-1-2-7-28/h3-5,8,11-13,15-16H,1-2,6-7,9-10,23H2,(H,26,27). The summed E-state index contributed by atoms with van der Waals surface area (Å²) >= 11 is 0. The molecule has 0 radical (unpaired) electrons. The van der Waals surface area contributed by atoms with E-state index in [4.69, 9.17) is 5.73 Å². The number of aromatic nitrogens is 5. The molecule has 2 fully saturated rings. The van der Waals surface area contributed by atoms with Crippen LogP contribution in [0.5, 0.6) is 0 Å².